The minimum atomic E-state index is -2.95. The molecule has 1 rings (SSSR count). The molecule has 18 heavy (non-hydrogen) atoms. The molecule has 1 aromatic rings. The van der Waals surface area contributed by atoms with Gasteiger partial charge in [0.1, 0.15) is 9.84 Å². The van der Waals surface area contributed by atoms with Crippen LogP contribution in [-0.4, -0.2) is 25.3 Å². The SMILES string of the molecule is CS(=O)(=O)CCCCc1ccc(Br)cc1[N+](=O)[O-]. The molecule has 0 saturated heterocycles. The van der Waals surface area contributed by atoms with E-state index in [0.717, 1.165) is 0 Å². The van der Waals surface area contributed by atoms with Gasteiger partial charge in [-0.15, -0.1) is 0 Å². The molecule has 5 nitrogen and oxygen atoms in total. The first kappa shape index (κ1) is 15.1. The van der Waals surface area contributed by atoms with E-state index in [1.54, 1.807) is 12.1 Å². The van der Waals surface area contributed by atoms with Crippen LogP contribution < -0.4 is 0 Å². The first-order valence-electron chi connectivity index (χ1n) is 5.40. The van der Waals surface area contributed by atoms with Gasteiger partial charge in [0.25, 0.3) is 5.69 Å². The number of hydrogen-bond acceptors (Lipinski definition) is 4. The Balaban J connectivity index is 2.65. The first-order chi connectivity index (χ1) is 8.29. The van der Waals surface area contributed by atoms with E-state index >= 15 is 0 Å². The number of sulfone groups is 1. The van der Waals surface area contributed by atoms with Crippen molar-refractivity contribution in [1.82, 2.24) is 0 Å². The third kappa shape index (κ3) is 5.14. The lowest BCUT2D eigenvalue weighted by atomic mass is 10.1. The zero-order valence-electron chi connectivity index (χ0n) is 9.93. The van der Waals surface area contributed by atoms with Crippen molar-refractivity contribution in [3.05, 3.63) is 38.3 Å². The second-order valence-electron chi connectivity index (χ2n) is 4.12. The largest absolute Gasteiger partial charge is 0.273 e. The fourth-order valence-electron chi connectivity index (χ4n) is 1.60. The summed E-state index contributed by atoms with van der Waals surface area (Å²) in [7, 11) is -2.95. The van der Waals surface area contributed by atoms with E-state index in [2.05, 4.69) is 15.9 Å². The van der Waals surface area contributed by atoms with Gasteiger partial charge >= 0.3 is 0 Å². The lowest BCUT2D eigenvalue weighted by Gasteiger charge is -2.03. The van der Waals surface area contributed by atoms with Gasteiger partial charge < -0.3 is 0 Å². The van der Waals surface area contributed by atoms with Gasteiger partial charge in [-0.1, -0.05) is 22.0 Å². The topological polar surface area (TPSA) is 77.3 Å². The number of hydrogen-bond donors (Lipinski definition) is 0. The van der Waals surface area contributed by atoms with Gasteiger partial charge in [-0.25, -0.2) is 8.42 Å². The van der Waals surface area contributed by atoms with E-state index < -0.39 is 14.8 Å². The van der Waals surface area contributed by atoms with Crippen LogP contribution in [0.5, 0.6) is 0 Å². The number of halogens is 1. The van der Waals surface area contributed by atoms with Gasteiger partial charge in [0.2, 0.25) is 0 Å². The number of benzene rings is 1. The molecule has 0 N–H and O–H groups in total. The zero-order chi connectivity index (χ0) is 13.8. The highest BCUT2D eigenvalue weighted by molar-refractivity contribution is 9.10. The Bertz CT molecular complexity index is 542. The minimum Gasteiger partial charge on any atom is -0.258 e. The van der Waals surface area contributed by atoms with Gasteiger partial charge in [0.05, 0.1) is 4.92 Å². The molecule has 0 saturated carbocycles. The van der Waals surface area contributed by atoms with Crippen molar-refractivity contribution in [1.29, 1.82) is 0 Å². The normalized spacial score (nSPS) is 11.4. The molecule has 100 valence electrons. The third-order valence-electron chi connectivity index (χ3n) is 2.46. The maximum atomic E-state index is 10.9. The molecule has 0 fully saturated rings. The van der Waals surface area contributed by atoms with E-state index in [9.17, 15) is 18.5 Å². The molecule has 0 aromatic heterocycles. The maximum absolute atomic E-state index is 10.9. The molecular formula is C11H14BrNO4S. The van der Waals surface area contributed by atoms with Crippen molar-refractivity contribution in [3.8, 4) is 0 Å². The van der Waals surface area contributed by atoms with Gasteiger partial charge in [-0.05, 0) is 25.3 Å². The van der Waals surface area contributed by atoms with Crippen LogP contribution in [0.25, 0.3) is 0 Å². The number of nitro benzene ring substituents is 1. The smallest absolute Gasteiger partial charge is 0.258 e. The van der Waals surface area contributed by atoms with Crippen LogP contribution >= 0.6 is 15.9 Å². The zero-order valence-corrected chi connectivity index (χ0v) is 12.3. The summed E-state index contributed by atoms with van der Waals surface area (Å²) in [5.41, 5.74) is 0.709. The lowest BCUT2D eigenvalue weighted by Crippen LogP contribution is -2.03. The van der Waals surface area contributed by atoms with Gasteiger partial charge in [-0.2, -0.15) is 0 Å². The van der Waals surface area contributed by atoms with E-state index in [-0.39, 0.29) is 11.4 Å². The summed E-state index contributed by atoms with van der Waals surface area (Å²) >= 11 is 3.19. The second-order valence-corrected chi connectivity index (χ2v) is 7.29. The Morgan fingerprint density at radius 3 is 2.56 bits per heavy atom. The second kappa shape index (κ2) is 6.29. The van der Waals surface area contributed by atoms with Crippen LogP contribution in [0.4, 0.5) is 5.69 Å². The van der Waals surface area contributed by atoms with E-state index in [1.807, 2.05) is 0 Å². The first-order valence-corrected chi connectivity index (χ1v) is 8.25. The molecule has 0 unspecified atom stereocenters. The number of aryl methyl sites for hydroxylation is 1. The van der Waals surface area contributed by atoms with Crippen molar-refractivity contribution in [2.45, 2.75) is 19.3 Å². The average Bonchev–Trinajstić information content (AvgIpc) is 2.24. The van der Waals surface area contributed by atoms with Gasteiger partial charge in [-0.3, -0.25) is 10.1 Å². The molecule has 0 aliphatic rings. The minimum absolute atomic E-state index is 0.0729. The van der Waals surface area contributed by atoms with Crippen LogP contribution in [0.15, 0.2) is 22.7 Å². The van der Waals surface area contributed by atoms with E-state index in [4.69, 9.17) is 0 Å². The van der Waals surface area contributed by atoms with Crippen LogP contribution in [0.1, 0.15) is 18.4 Å². The molecule has 0 bridgehead atoms. The summed E-state index contributed by atoms with van der Waals surface area (Å²) < 4.78 is 22.6. The lowest BCUT2D eigenvalue weighted by molar-refractivity contribution is -0.385. The fraction of sp³-hybridized carbons (Fsp3) is 0.455. The molecule has 0 amide bonds. The third-order valence-corrected chi connectivity index (χ3v) is 3.98. The summed E-state index contributed by atoms with van der Waals surface area (Å²) in [6, 6.07) is 4.91. The van der Waals surface area contributed by atoms with Crippen LogP contribution in [-0.2, 0) is 16.3 Å². The van der Waals surface area contributed by atoms with Crippen molar-refractivity contribution < 1.29 is 13.3 Å². The molecule has 0 heterocycles. The molecule has 0 aliphatic carbocycles. The Labute approximate surface area is 114 Å². The van der Waals surface area contributed by atoms with Crippen molar-refractivity contribution in [3.63, 3.8) is 0 Å². The number of rotatable bonds is 6. The van der Waals surface area contributed by atoms with Crippen LogP contribution in [0.2, 0.25) is 0 Å². The molecule has 0 spiro atoms. The Morgan fingerprint density at radius 1 is 1.33 bits per heavy atom. The highest BCUT2D eigenvalue weighted by atomic mass is 79.9. The maximum Gasteiger partial charge on any atom is 0.273 e. The highest BCUT2D eigenvalue weighted by Gasteiger charge is 2.13. The van der Waals surface area contributed by atoms with E-state index in [0.29, 0.717) is 29.3 Å². The molecule has 1 aromatic carbocycles. The van der Waals surface area contributed by atoms with Crippen molar-refractivity contribution in [2.75, 3.05) is 12.0 Å². The van der Waals surface area contributed by atoms with Crippen molar-refractivity contribution >= 4 is 31.5 Å². The highest BCUT2D eigenvalue weighted by Crippen LogP contribution is 2.24. The van der Waals surface area contributed by atoms with Gasteiger partial charge in [0.15, 0.2) is 0 Å². The Hall–Kier alpha value is -0.950. The van der Waals surface area contributed by atoms with Gasteiger partial charge in [0, 0.05) is 28.1 Å². The van der Waals surface area contributed by atoms with E-state index in [1.165, 1.54) is 12.3 Å². The predicted molar refractivity (Wildman–Crippen MR) is 73.4 cm³/mol. The summed E-state index contributed by atoms with van der Waals surface area (Å²) in [4.78, 5) is 10.4. The summed E-state index contributed by atoms with van der Waals surface area (Å²) in [5, 5.41) is 10.9. The quantitative estimate of drug-likeness (QED) is 0.455. The van der Waals surface area contributed by atoms with Crippen LogP contribution in [0, 0.1) is 10.1 Å². The van der Waals surface area contributed by atoms with Crippen molar-refractivity contribution in [2.24, 2.45) is 0 Å². The molecular weight excluding hydrogens is 322 g/mol. The molecule has 7 heteroatoms. The number of unbranched alkanes of at least 4 members (excludes halogenated alkanes) is 1. The molecule has 0 aliphatic heterocycles. The molecule has 0 atom stereocenters. The standard InChI is InChI=1S/C11H14BrNO4S/c1-18(16,17)7-3-2-4-9-5-6-10(12)8-11(9)13(14)15/h5-6,8H,2-4,7H2,1H3. The van der Waals surface area contributed by atoms with Crippen LogP contribution in [0.3, 0.4) is 0 Å². The predicted octanol–water partition coefficient (Wildman–Crippen LogP) is 2.72. The average molecular weight is 336 g/mol. The Morgan fingerprint density at radius 2 is 2.00 bits per heavy atom. The summed E-state index contributed by atoms with van der Waals surface area (Å²) in [6.07, 6.45) is 2.84. The number of nitro groups is 1. The monoisotopic (exact) mass is 335 g/mol. The fourth-order valence-corrected chi connectivity index (χ4v) is 2.68. The summed E-state index contributed by atoms with van der Waals surface area (Å²) in [5.74, 6) is 0.122. The molecule has 0 radical (unpaired) electrons. The summed E-state index contributed by atoms with van der Waals surface area (Å²) in [6.45, 7) is 0. The Kier molecular flexibility index (Phi) is 5.28. The number of nitrogens with zero attached hydrogens (tertiary/aromatic N) is 1.